The van der Waals surface area contributed by atoms with Crippen molar-refractivity contribution >= 4 is 27.4 Å². The Balaban J connectivity index is 2.40. The average Bonchev–Trinajstić information content (AvgIpc) is 2.15. The topological polar surface area (TPSA) is 26.3 Å². The van der Waals surface area contributed by atoms with Gasteiger partial charge in [0, 0.05) is 0 Å². The zero-order chi connectivity index (χ0) is 7.56. The van der Waals surface area contributed by atoms with E-state index in [9.17, 15) is 4.79 Å². The Bertz CT molecular complexity index is 165. The first-order valence-electron chi connectivity index (χ1n) is 3.54. The number of esters is 1. The number of ether oxygens (including phenoxy) is 1. The van der Waals surface area contributed by atoms with Crippen LogP contribution in [0.25, 0.3) is 0 Å². The van der Waals surface area contributed by atoms with Gasteiger partial charge < -0.3 is 0 Å². The molecule has 54 valence electrons. The van der Waals surface area contributed by atoms with Crippen LogP contribution in [0, 0.1) is 0 Å². The van der Waals surface area contributed by atoms with Crippen molar-refractivity contribution in [3.05, 3.63) is 12.2 Å². The summed E-state index contributed by atoms with van der Waals surface area (Å²) in [7, 11) is 0. The SMILES string of the molecule is CC(=O)O[CH]1C=C[CH2][In]1[CH3]. The van der Waals surface area contributed by atoms with Crippen LogP contribution < -0.4 is 0 Å². The molecule has 10 heavy (non-hydrogen) atoms. The van der Waals surface area contributed by atoms with E-state index >= 15 is 0 Å². The minimum atomic E-state index is -1.41. The summed E-state index contributed by atoms with van der Waals surface area (Å²) < 4.78 is 8.85. The summed E-state index contributed by atoms with van der Waals surface area (Å²) in [5.74, 6) is -0.139. The molecule has 1 unspecified atom stereocenters. The fourth-order valence-corrected chi connectivity index (χ4v) is 6.28. The van der Waals surface area contributed by atoms with E-state index in [2.05, 4.69) is 10.8 Å². The van der Waals surface area contributed by atoms with Gasteiger partial charge in [0.2, 0.25) is 0 Å². The number of hydrogen-bond donors (Lipinski definition) is 0. The molecular formula is C7H11InO2. The van der Waals surface area contributed by atoms with Crippen LogP contribution in [0.4, 0.5) is 0 Å². The van der Waals surface area contributed by atoms with Crippen molar-refractivity contribution in [2.75, 3.05) is 0 Å². The molecule has 2 nitrogen and oxygen atoms in total. The van der Waals surface area contributed by atoms with Crippen LogP contribution in [-0.2, 0) is 9.53 Å². The third-order valence-electron chi connectivity index (χ3n) is 1.70. The summed E-state index contributed by atoms with van der Waals surface area (Å²) in [4.78, 5) is 10.5. The van der Waals surface area contributed by atoms with Crippen LogP contribution in [0.1, 0.15) is 6.92 Å². The fraction of sp³-hybridized carbons (Fsp3) is 0.571. The molecule has 1 aliphatic rings. The van der Waals surface area contributed by atoms with Gasteiger partial charge in [-0.15, -0.1) is 0 Å². The van der Waals surface area contributed by atoms with E-state index in [1.165, 1.54) is 11.1 Å². The van der Waals surface area contributed by atoms with Gasteiger partial charge in [-0.3, -0.25) is 0 Å². The monoisotopic (exact) mass is 242 g/mol. The Morgan fingerprint density at radius 3 is 2.90 bits per heavy atom. The van der Waals surface area contributed by atoms with Crippen LogP contribution in [0.2, 0.25) is 8.86 Å². The number of rotatable bonds is 1. The predicted molar refractivity (Wildman–Crippen MR) is 41.1 cm³/mol. The van der Waals surface area contributed by atoms with Crippen LogP contribution in [-0.4, -0.2) is 31.3 Å². The van der Waals surface area contributed by atoms with Gasteiger partial charge in [-0.25, -0.2) is 0 Å². The summed E-state index contributed by atoms with van der Waals surface area (Å²) in [6.45, 7) is 1.48. The molecule has 3 heteroatoms. The second kappa shape index (κ2) is 3.47. The fourth-order valence-electron chi connectivity index (χ4n) is 1.10. The van der Waals surface area contributed by atoms with Crippen LogP contribution in [0.15, 0.2) is 12.2 Å². The van der Waals surface area contributed by atoms with E-state index in [1.807, 2.05) is 6.08 Å². The molecule has 0 bridgehead atoms. The van der Waals surface area contributed by atoms with Crippen LogP contribution in [0.5, 0.6) is 0 Å². The Kier molecular flexibility index (Phi) is 2.83. The van der Waals surface area contributed by atoms with Crippen LogP contribution in [0.3, 0.4) is 0 Å². The molecule has 0 saturated heterocycles. The van der Waals surface area contributed by atoms with Crippen molar-refractivity contribution in [1.29, 1.82) is 0 Å². The first-order chi connectivity index (χ1) is 4.70. The third kappa shape index (κ3) is 2.04. The van der Waals surface area contributed by atoms with Gasteiger partial charge in [0.15, 0.2) is 0 Å². The number of carbonyl (C=O) groups excluding carboxylic acids is 1. The van der Waals surface area contributed by atoms with Gasteiger partial charge >= 0.3 is 68.7 Å². The molecule has 0 saturated carbocycles. The van der Waals surface area contributed by atoms with E-state index in [1.54, 1.807) is 0 Å². The molecule has 0 aromatic rings. The quantitative estimate of drug-likeness (QED) is 0.509. The Morgan fingerprint density at radius 1 is 1.80 bits per heavy atom. The Morgan fingerprint density at radius 2 is 2.50 bits per heavy atom. The van der Waals surface area contributed by atoms with Crippen LogP contribution >= 0.6 is 0 Å². The summed E-state index contributed by atoms with van der Waals surface area (Å²) in [6, 6.07) is 0. The average molecular weight is 242 g/mol. The number of allylic oxidation sites excluding steroid dienone is 1. The van der Waals surface area contributed by atoms with E-state index in [-0.39, 0.29) is 9.83 Å². The summed E-state index contributed by atoms with van der Waals surface area (Å²) in [6.07, 6.45) is 4.19. The molecule has 1 rings (SSSR count). The van der Waals surface area contributed by atoms with Crippen molar-refractivity contribution in [3.63, 3.8) is 0 Å². The molecular weight excluding hydrogens is 231 g/mol. The van der Waals surface area contributed by atoms with Gasteiger partial charge in [0.1, 0.15) is 0 Å². The molecule has 0 spiro atoms. The molecule has 1 aliphatic heterocycles. The van der Waals surface area contributed by atoms with Gasteiger partial charge in [0.05, 0.1) is 0 Å². The van der Waals surface area contributed by atoms with Gasteiger partial charge in [-0.05, 0) is 0 Å². The summed E-state index contributed by atoms with van der Waals surface area (Å²) >= 11 is -1.41. The van der Waals surface area contributed by atoms with Crippen molar-refractivity contribution in [1.82, 2.24) is 0 Å². The summed E-state index contributed by atoms with van der Waals surface area (Å²) in [5.41, 5.74) is 0. The molecule has 0 aromatic carbocycles. The molecule has 0 aliphatic carbocycles. The molecule has 0 fully saturated rings. The molecule has 1 heterocycles. The molecule has 0 N–H and O–H groups in total. The second-order valence-corrected chi connectivity index (χ2v) is 11.5. The van der Waals surface area contributed by atoms with Crippen molar-refractivity contribution in [2.45, 2.75) is 19.6 Å². The molecule has 0 aromatic heterocycles. The van der Waals surface area contributed by atoms with Crippen molar-refractivity contribution < 1.29 is 9.53 Å². The van der Waals surface area contributed by atoms with E-state index in [4.69, 9.17) is 4.74 Å². The zero-order valence-corrected chi connectivity index (χ0v) is 9.63. The zero-order valence-electron chi connectivity index (χ0n) is 6.33. The minimum absolute atomic E-state index is 0.139. The van der Waals surface area contributed by atoms with Gasteiger partial charge in [-0.2, -0.15) is 0 Å². The first-order valence-corrected chi connectivity index (χ1v) is 11.1. The van der Waals surface area contributed by atoms with E-state index in [0.717, 1.165) is 0 Å². The summed E-state index contributed by atoms with van der Waals surface area (Å²) in [5, 5.41) is 0. The third-order valence-corrected chi connectivity index (χ3v) is 8.82. The van der Waals surface area contributed by atoms with Crippen molar-refractivity contribution in [3.8, 4) is 0 Å². The number of carbonyl (C=O) groups is 1. The second-order valence-electron chi connectivity index (χ2n) is 2.72. The standard InChI is InChI=1S/C6H8O2.CH3.In/c1-3-4-5-8-6(2)7;;/h3-5H,1H2,2H3;1H3;. The Labute approximate surface area is 68.8 Å². The number of hydrogen-bond acceptors (Lipinski definition) is 2. The molecule has 1 atom stereocenters. The van der Waals surface area contributed by atoms with E-state index < -0.39 is 21.4 Å². The maximum absolute atomic E-state index is 10.5. The maximum atomic E-state index is 10.5. The molecule has 0 radical (unpaired) electrons. The van der Waals surface area contributed by atoms with Gasteiger partial charge in [-0.1, -0.05) is 0 Å². The normalized spacial score (nSPS) is 23.4. The van der Waals surface area contributed by atoms with Crippen molar-refractivity contribution in [2.24, 2.45) is 0 Å². The molecule has 0 amide bonds. The van der Waals surface area contributed by atoms with E-state index in [0.29, 0.717) is 0 Å². The first kappa shape index (κ1) is 8.18. The van der Waals surface area contributed by atoms with Gasteiger partial charge in [0.25, 0.3) is 0 Å². The Hall–Kier alpha value is 0.0801. The predicted octanol–water partition coefficient (Wildman–Crippen LogP) is 1.15.